The van der Waals surface area contributed by atoms with Gasteiger partial charge in [-0.2, -0.15) is 0 Å². The summed E-state index contributed by atoms with van der Waals surface area (Å²) in [6.07, 6.45) is 0.683. The van der Waals surface area contributed by atoms with Crippen molar-refractivity contribution in [2.45, 2.75) is 20.8 Å². The number of anilines is 1. The highest BCUT2D eigenvalue weighted by molar-refractivity contribution is 5.72. The standard InChI is InChI=1S/C8H9NO.C2H6.CH5N/c1-7-4-2-3-5-8(7)9-6-10;2*1-2/h2-6H,1H3,(H,9,10);1-2H3;2H2,1H3. The summed E-state index contributed by atoms with van der Waals surface area (Å²) < 4.78 is 0. The van der Waals surface area contributed by atoms with Gasteiger partial charge < -0.3 is 11.1 Å². The topological polar surface area (TPSA) is 55.1 Å². The van der Waals surface area contributed by atoms with E-state index in [1.54, 1.807) is 0 Å². The van der Waals surface area contributed by atoms with E-state index in [-0.39, 0.29) is 0 Å². The number of amides is 1. The molecule has 1 amide bonds. The number of hydrogen-bond acceptors (Lipinski definition) is 2. The van der Waals surface area contributed by atoms with Gasteiger partial charge in [0.15, 0.2) is 0 Å². The van der Waals surface area contributed by atoms with Crippen molar-refractivity contribution in [2.75, 3.05) is 12.4 Å². The Morgan fingerprint density at radius 3 is 2.14 bits per heavy atom. The Bertz CT molecular complexity index is 236. The molecule has 1 aromatic rings. The van der Waals surface area contributed by atoms with E-state index in [0.717, 1.165) is 11.3 Å². The zero-order valence-electron chi connectivity index (χ0n) is 9.37. The molecule has 1 aromatic carbocycles. The highest BCUT2D eigenvalue weighted by Gasteiger charge is 1.91. The number of rotatable bonds is 2. The van der Waals surface area contributed by atoms with Crippen molar-refractivity contribution in [3.05, 3.63) is 29.8 Å². The summed E-state index contributed by atoms with van der Waals surface area (Å²) in [5.74, 6) is 0. The van der Waals surface area contributed by atoms with Crippen molar-refractivity contribution in [2.24, 2.45) is 5.73 Å². The van der Waals surface area contributed by atoms with Crippen LogP contribution in [0.4, 0.5) is 5.69 Å². The zero-order valence-corrected chi connectivity index (χ0v) is 9.37. The number of aryl methyl sites for hydroxylation is 1. The molecule has 0 atom stereocenters. The zero-order chi connectivity index (χ0) is 11.4. The third-order valence-corrected chi connectivity index (χ3v) is 1.36. The number of para-hydroxylation sites is 1. The smallest absolute Gasteiger partial charge is 0.211 e. The summed E-state index contributed by atoms with van der Waals surface area (Å²) in [4.78, 5) is 10.0. The number of nitrogens with two attached hydrogens (primary N) is 1. The molecule has 0 saturated heterocycles. The SMILES string of the molecule is CC.CN.Cc1ccccc1NC=O. The molecule has 0 heterocycles. The van der Waals surface area contributed by atoms with Crippen molar-refractivity contribution < 1.29 is 4.79 Å². The van der Waals surface area contributed by atoms with Crippen LogP contribution in [0.25, 0.3) is 0 Å². The second-order valence-electron chi connectivity index (χ2n) is 2.08. The predicted octanol–water partition coefficient (Wildman–Crippen LogP) is 2.16. The minimum absolute atomic E-state index is 0.683. The maximum Gasteiger partial charge on any atom is 0.211 e. The Hall–Kier alpha value is -1.35. The number of carbonyl (C=O) groups is 1. The lowest BCUT2D eigenvalue weighted by molar-refractivity contribution is -0.105. The second-order valence-corrected chi connectivity index (χ2v) is 2.08. The molecule has 0 aliphatic rings. The molecule has 3 heteroatoms. The van der Waals surface area contributed by atoms with Gasteiger partial charge in [0.1, 0.15) is 0 Å². The van der Waals surface area contributed by atoms with Crippen LogP contribution in [0.15, 0.2) is 24.3 Å². The first-order valence-electron chi connectivity index (χ1n) is 4.68. The van der Waals surface area contributed by atoms with Gasteiger partial charge in [0, 0.05) is 5.69 Å². The molecule has 0 aliphatic heterocycles. The maximum absolute atomic E-state index is 10.0. The summed E-state index contributed by atoms with van der Waals surface area (Å²) in [6.45, 7) is 5.95. The largest absolute Gasteiger partial charge is 0.333 e. The highest BCUT2D eigenvalue weighted by Crippen LogP contribution is 2.11. The number of carbonyl (C=O) groups excluding carboxylic acids is 1. The quantitative estimate of drug-likeness (QED) is 0.712. The fraction of sp³-hybridized carbons (Fsp3) is 0.364. The first kappa shape index (κ1) is 15.1. The van der Waals surface area contributed by atoms with Gasteiger partial charge in [-0.1, -0.05) is 32.0 Å². The van der Waals surface area contributed by atoms with Crippen molar-refractivity contribution in [1.29, 1.82) is 0 Å². The van der Waals surface area contributed by atoms with E-state index in [1.165, 1.54) is 7.05 Å². The highest BCUT2D eigenvalue weighted by atomic mass is 16.1. The molecule has 3 nitrogen and oxygen atoms in total. The van der Waals surface area contributed by atoms with Gasteiger partial charge in [-0.15, -0.1) is 0 Å². The van der Waals surface area contributed by atoms with E-state index in [4.69, 9.17) is 0 Å². The van der Waals surface area contributed by atoms with Gasteiger partial charge in [0.25, 0.3) is 0 Å². The third kappa shape index (κ3) is 6.20. The van der Waals surface area contributed by atoms with Crippen molar-refractivity contribution in [3.8, 4) is 0 Å². The molecule has 0 spiro atoms. The van der Waals surface area contributed by atoms with Crippen molar-refractivity contribution in [1.82, 2.24) is 0 Å². The van der Waals surface area contributed by atoms with E-state index >= 15 is 0 Å². The average Bonchev–Trinajstić information content (AvgIpc) is 2.28. The molecule has 80 valence electrons. The summed E-state index contributed by atoms with van der Waals surface area (Å²) in [6, 6.07) is 7.64. The molecule has 0 aliphatic carbocycles. The van der Waals surface area contributed by atoms with Gasteiger partial charge in [0.05, 0.1) is 0 Å². The lowest BCUT2D eigenvalue weighted by Crippen LogP contribution is -1.94. The Balaban J connectivity index is 0. The Morgan fingerprint density at radius 1 is 1.21 bits per heavy atom. The second kappa shape index (κ2) is 11.6. The molecule has 0 aromatic heterocycles. The molecular formula is C11H20N2O. The van der Waals surface area contributed by atoms with E-state index in [0.29, 0.717) is 6.41 Å². The molecule has 3 N–H and O–H groups in total. The van der Waals surface area contributed by atoms with Gasteiger partial charge in [-0.3, -0.25) is 4.79 Å². The van der Waals surface area contributed by atoms with Crippen LogP contribution >= 0.6 is 0 Å². The summed E-state index contributed by atoms with van der Waals surface area (Å²) in [5.41, 5.74) is 6.45. The Kier molecular flexibility index (Phi) is 12.6. The molecule has 0 fully saturated rings. The molecule has 0 bridgehead atoms. The summed E-state index contributed by atoms with van der Waals surface area (Å²) in [5, 5.41) is 2.60. The lowest BCUT2D eigenvalue weighted by atomic mass is 10.2. The number of benzene rings is 1. The fourth-order valence-corrected chi connectivity index (χ4v) is 0.798. The molecule has 1 rings (SSSR count). The number of hydrogen-bond donors (Lipinski definition) is 2. The minimum atomic E-state index is 0.683. The van der Waals surface area contributed by atoms with Crippen LogP contribution < -0.4 is 11.1 Å². The van der Waals surface area contributed by atoms with Gasteiger partial charge in [0.2, 0.25) is 6.41 Å². The molecule has 0 unspecified atom stereocenters. The van der Waals surface area contributed by atoms with Crippen LogP contribution in [-0.4, -0.2) is 13.5 Å². The lowest BCUT2D eigenvalue weighted by Gasteiger charge is -2.00. The van der Waals surface area contributed by atoms with Crippen LogP contribution in [0.3, 0.4) is 0 Å². The summed E-state index contributed by atoms with van der Waals surface area (Å²) in [7, 11) is 1.50. The van der Waals surface area contributed by atoms with Gasteiger partial charge in [-0.25, -0.2) is 0 Å². The first-order valence-corrected chi connectivity index (χ1v) is 4.68. The van der Waals surface area contributed by atoms with Crippen LogP contribution in [0.1, 0.15) is 19.4 Å². The number of nitrogens with one attached hydrogen (secondary N) is 1. The van der Waals surface area contributed by atoms with Crippen molar-refractivity contribution in [3.63, 3.8) is 0 Å². The van der Waals surface area contributed by atoms with E-state index < -0.39 is 0 Å². The monoisotopic (exact) mass is 196 g/mol. The Labute approximate surface area is 86.3 Å². The van der Waals surface area contributed by atoms with Gasteiger partial charge >= 0.3 is 0 Å². The molecule has 14 heavy (non-hydrogen) atoms. The van der Waals surface area contributed by atoms with Crippen LogP contribution in [0.5, 0.6) is 0 Å². The minimum Gasteiger partial charge on any atom is -0.333 e. The van der Waals surface area contributed by atoms with Gasteiger partial charge in [-0.05, 0) is 25.6 Å². The van der Waals surface area contributed by atoms with E-state index in [1.807, 2.05) is 45.0 Å². The van der Waals surface area contributed by atoms with E-state index in [9.17, 15) is 4.79 Å². The Morgan fingerprint density at radius 2 is 1.71 bits per heavy atom. The predicted molar refractivity (Wildman–Crippen MR) is 62.3 cm³/mol. The van der Waals surface area contributed by atoms with Crippen LogP contribution in [0.2, 0.25) is 0 Å². The average molecular weight is 196 g/mol. The van der Waals surface area contributed by atoms with Crippen molar-refractivity contribution >= 4 is 12.1 Å². The third-order valence-electron chi connectivity index (χ3n) is 1.36. The first-order chi connectivity index (χ1) is 6.84. The molecule has 0 saturated carbocycles. The normalized spacial score (nSPS) is 7.21. The summed E-state index contributed by atoms with van der Waals surface area (Å²) >= 11 is 0. The van der Waals surface area contributed by atoms with Crippen LogP contribution in [0, 0.1) is 6.92 Å². The fourth-order valence-electron chi connectivity index (χ4n) is 0.798. The maximum atomic E-state index is 10.0. The molecular weight excluding hydrogens is 176 g/mol. The van der Waals surface area contributed by atoms with Crippen LogP contribution in [-0.2, 0) is 4.79 Å². The van der Waals surface area contributed by atoms with E-state index in [2.05, 4.69) is 11.1 Å². The molecule has 0 radical (unpaired) electrons.